The molecule has 3 rings (SSSR count). The third kappa shape index (κ3) is 4.31. The second kappa shape index (κ2) is 8.34. The lowest BCUT2D eigenvalue weighted by molar-refractivity contribution is 0.0946. The molecule has 26 heavy (non-hydrogen) atoms. The van der Waals surface area contributed by atoms with Gasteiger partial charge >= 0.3 is 0 Å². The predicted octanol–water partition coefficient (Wildman–Crippen LogP) is 4.78. The van der Waals surface area contributed by atoms with E-state index in [0.717, 1.165) is 33.6 Å². The van der Waals surface area contributed by atoms with E-state index in [0.29, 0.717) is 13.2 Å². The monoisotopic (exact) mass is 345 g/mol. The molecule has 0 aliphatic heterocycles. The summed E-state index contributed by atoms with van der Waals surface area (Å²) in [4.78, 5) is 12.4. The molecule has 0 bridgehead atoms. The van der Waals surface area contributed by atoms with Crippen molar-refractivity contribution in [3.8, 4) is 16.9 Å². The molecule has 3 aromatic rings. The number of hydrogen-bond acceptors (Lipinski definition) is 2. The van der Waals surface area contributed by atoms with Crippen LogP contribution in [-0.2, 0) is 0 Å². The van der Waals surface area contributed by atoms with E-state index in [1.165, 1.54) is 0 Å². The zero-order valence-electron chi connectivity index (χ0n) is 15.2. The molecular formula is C23H23NO2. The van der Waals surface area contributed by atoms with Crippen LogP contribution in [0.2, 0.25) is 0 Å². The fraction of sp³-hybridized carbons (Fsp3) is 0.174. The highest BCUT2D eigenvalue weighted by atomic mass is 16.5. The van der Waals surface area contributed by atoms with Crippen molar-refractivity contribution >= 4 is 5.91 Å². The molecule has 0 spiro atoms. The molecule has 132 valence electrons. The SMILES string of the molecule is Cc1ccc(C)c(C(=O)NCCOc2ccccc2-c2ccccc2)c1. The number of rotatable bonds is 6. The van der Waals surface area contributed by atoms with Crippen molar-refractivity contribution < 1.29 is 9.53 Å². The van der Waals surface area contributed by atoms with E-state index >= 15 is 0 Å². The van der Waals surface area contributed by atoms with E-state index in [-0.39, 0.29) is 5.91 Å². The van der Waals surface area contributed by atoms with Crippen LogP contribution < -0.4 is 10.1 Å². The van der Waals surface area contributed by atoms with Gasteiger partial charge in [0.2, 0.25) is 0 Å². The van der Waals surface area contributed by atoms with Crippen molar-refractivity contribution in [2.24, 2.45) is 0 Å². The lowest BCUT2D eigenvalue weighted by Gasteiger charge is -2.13. The Balaban J connectivity index is 1.59. The molecule has 0 fully saturated rings. The molecule has 0 aliphatic rings. The highest BCUT2D eigenvalue weighted by Gasteiger charge is 2.09. The quantitative estimate of drug-likeness (QED) is 0.653. The summed E-state index contributed by atoms with van der Waals surface area (Å²) in [5.41, 5.74) is 4.93. The summed E-state index contributed by atoms with van der Waals surface area (Å²) in [6.07, 6.45) is 0. The third-order valence-electron chi connectivity index (χ3n) is 4.25. The van der Waals surface area contributed by atoms with E-state index in [1.807, 2.05) is 74.5 Å². The lowest BCUT2D eigenvalue weighted by Crippen LogP contribution is -2.28. The van der Waals surface area contributed by atoms with Gasteiger partial charge in [0.1, 0.15) is 12.4 Å². The number of carbonyl (C=O) groups excluding carboxylic acids is 1. The van der Waals surface area contributed by atoms with E-state index in [1.54, 1.807) is 0 Å². The molecule has 0 aromatic heterocycles. The topological polar surface area (TPSA) is 38.3 Å². The maximum Gasteiger partial charge on any atom is 0.251 e. The number of aryl methyl sites for hydroxylation is 2. The normalized spacial score (nSPS) is 10.4. The van der Waals surface area contributed by atoms with Gasteiger partial charge in [0.05, 0.1) is 6.54 Å². The Bertz CT molecular complexity index is 888. The van der Waals surface area contributed by atoms with Crippen molar-refractivity contribution in [2.45, 2.75) is 13.8 Å². The van der Waals surface area contributed by atoms with Crippen LogP contribution in [0.15, 0.2) is 72.8 Å². The predicted molar refractivity (Wildman–Crippen MR) is 106 cm³/mol. The van der Waals surface area contributed by atoms with Crippen molar-refractivity contribution in [3.63, 3.8) is 0 Å². The van der Waals surface area contributed by atoms with Crippen LogP contribution in [0, 0.1) is 13.8 Å². The number of para-hydroxylation sites is 1. The summed E-state index contributed by atoms with van der Waals surface area (Å²) in [5.74, 6) is 0.755. The number of amides is 1. The number of benzene rings is 3. The Morgan fingerprint density at radius 2 is 1.65 bits per heavy atom. The van der Waals surface area contributed by atoms with Crippen molar-refractivity contribution in [2.75, 3.05) is 13.2 Å². The minimum Gasteiger partial charge on any atom is -0.491 e. The summed E-state index contributed by atoms with van der Waals surface area (Å²) in [6.45, 7) is 4.80. The highest BCUT2D eigenvalue weighted by Crippen LogP contribution is 2.29. The molecular weight excluding hydrogens is 322 g/mol. The Morgan fingerprint density at radius 1 is 0.923 bits per heavy atom. The molecule has 0 aliphatic carbocycles. The molecule has 0 radical (unpaired) electrons. The molecule has 0 saturated heterocycles. The summed E-state index contributed by atoms with van der Waals surface area (Å²) in [7, 11) is 0. The second-order valence-corrected chi connectivity index (χ2v) is 6.28. The third-order valence-corrected chi connectivity index (χ3v) is 4.25. The van der Waals surface area contributed by atoms with Gasteiger partial charge in [-0.1, -0.05) is 66.2 Å². The zero-order chi connectivity index (χ0) is 18.4. The van der Waals surface area contributed by atoms with Crippen LogP contribution in [0.3, 0.4) is 0 Å². The average molecular weight is 345 g/mol. The molecule has 3 heteroatoms. The smallest absolute Gasteiger partial charge is 0.251 e. The van der Waals surface area contributed by atoms with Gasteiger partial charge in [-0.3, -0.25) is 4.79 Å². The summed E-state index contributed by atoms with van der Waals surface area (Å²) in [6, 6.07) is 24.0. The average Bonchev–Trinajstić information content (AvgIpc) is 2.68. The van der Waals surface area contributed by atoms with Gasteiger partial charge in [0, 0.05) is 11.1 Å². The van der Waals surface area contributed by atoms with Crippen LogP contribution in [0.25, 0.3) is 11.1 Å². The van der Waals surface area contributed by atoms with Gasteiger partial charge in [-0.25, -0.2) is 0 Å². The molecule has 0 heterocycles. The van der Waals surface area contributed by atoms with Crippen molar-refractivity contribution in [3.05, 3.63) is 89.5 Å². The van der Waals surface area contributed by atoms with E-state index in [4.69, 9.17) is 4.74 Å². The van der Waals surface area contributed by atoms with Gasteiger partial charge in [-0.15, -0.1) is 0 Å². The molecule has 1 amide bonds. The maximum atomic E-state index is 12.4. The Hall–Kier alpha value is -3.07. The van der Waals surface area contributed by atoms with E-state index < -0.39 is 0 Å². The molecule has 0 atom stereocenters. The molecule has 0 saturated carbocycles. The fourth-order valence-corrected chi connectivity index (χ4v) is 2.85. The van der Waals surface area contributed by atoms with Crippen LogP contribution in [0.4, 0.5) is 0 Å². The molecule has 3 nitrogen and oxygen atoms in total. The molecule has 1 N–H and O–H groups in total. The van der Waals surface area contributed by atoms with Crippen molar-refractivity contribution in [1.82, 2.24) is 5.32 Å². The largest absolute Gasteiger partial charge is 0.491 e. The Morgan fingerprint density at radius 3 is 2.46 bits per heavy atom. The van der Waals surface area contributed by atoms with Gasteiger partial charge in [-0.2, -0.15) is 0 Å². The van der Waals surface area contributed by atoms with Crippen LogP contribution in [-0.4, -0.2) is 19.1 Å². The summed E-state index contributed by atoms with van der Waals surface area (Å²) >= 11 is 0. The fourth-order valence-electron chi connectivity index (χ4n) is 2.85. The summed E-state index contributed by atoms with van der Waals surface area (Å²) < 4.78 is 5.92. The number of hydrogen-bond donors (Lipinski definition) is 1. The van der Waals surface area contributed by atoms with Crippen molar-refractivity contribution in [1.29, 1.82) is 0 Å². The number of nitrogens with one attached hydrogen (secondary N) is 1. The van der Waals surface area contributed by atoms with Crippen LogP contribution in [0.5, 0.6) is 5.75 Å². The summed E-state index contributed by atoms with van der Waals surface area (Å²) in [5, 5.41) is 2.93. The van der Waals surface area contributed by atoms with Gasteiger partial charge in [-0.05, 0) is 37.1 Å². The Kier molecular flexibility index (Phi) is 5.69. The number of ether oxygens (including phenoxy) is 1. The standard InChI is InChI=1S/C23H23NO2/c1-17-12-13-18(2)21(16-17)23(25)24-14-15-26-22-11-7-6-10-20(22)19-8-4-3-5-9-19/h3-13,16H,14-15H2,1-2H3,(H,24,25). The first-order chi connectivity index (χ1) is 12.6. The maximum absolute atomic E-state index is 12.4. The van der Waals surface area contributed by atoms with E-state index in [2.05, 4.69) is 17.4 Å². The second-order valence-electron chi connectivity index (χ2n) is 6.28. The molecule has 0 unspecified atom stereocenters. The first kappa shape index (κ1) is 17.7. The zero-order valence-corrected chi connectivity index (χ0v) is 15.2. The highest BCUT2D eigenvalue weighted by molar-refractivity contribution is 5.95. The Labute approximate surface area is 154 Å². The number of carbonyl (C=O) groups is 1. The van der Waals surface area contributed by atoms with E-state index in [9.17, 15) is 4.79 Å². The van der Waals surface area contributed by atoms with Gasteiger partial charge in [0.15, 0.2) is 0 Å². The molecule has 3 aromatic carbocycles. The first-order valence-electron chi connectivity index (χ1n) is 8.78. The first-order valence-corrected chi connectivity index (χ1v) is 8.78. The van der Waals surface area contributed by atoms with Gasteiger partial charge < -0.3 is 10.1 Å². The minimum absolute atomic E-state index is 0.0638. The minimum atomic E-state index is -0.0638. The van der Waals surface area contributed by atoms with Crippen LogP contribution in [0.1, 0.15) is 21.5 Å². The van der Waals surface area contributed by atoms with Crippen LogP contribution >= 0.6 is 0 Å². The van der Waals surface area contributed by atoms with Gasteiger partial charge in [0.25, 0.3) is 5.91 Å². The lowest BCUT2D eigenvalue weighted by atomic mass is 10.0.